The van der Waals surface area contributed by atoms with Crippen molar-refractivity contribution < 1.29 is 38.1 Å². The van der Waals surface area contributed by atoms with E-state index in [9.17, 15) is 14.4 Å². The van der Waals surface area contributed by atoms with Gasteiger partial charge in [-0.3, -0.25) is 14.4 Å². The molecule has 2 aromatic rings. The minimum atomic E-state index is -0.919. The molecule has 8 nitrogen and oxygen atoms in total. The Bertz CT molecular complexity index is 1260. The molecule has 9 heteroatoms. The molecule has 3 fully saturated rings. The molecule has 0 bridgehead atoms. The standard InChI is InChI=1S/C32H37ClO8/c1-17-26-13-25(14-27(17)26)40-24-8-5-21(6-9-24)11-23-12-22(7-10-28(23)33)29-15-30(38-19(3)35)32(39-20(4)36)31(41-29)16-37-18(2)34/h5-10,12,17,25-27,29-32H,11,13-16H2,1-4H3/t17?,25?,26?,27?,29-,30-,31-,32+/m1/s1. The zero-order chi connectivity index (χ0) is 29.3. The summed E-state index contributed by atoms with van der Waals surface area (Å²) in [6, 6.07) is 13.8. The van der Waals surface area contributed by atoms with E-state index in [1.54, 1.807) is 0 Å². The van der Waals surface area contributed by atoms with Gasteiger partial charge in [-0.15, -0.1) is 0 Å². The highest BCUT2D eigenvalue weighted by molar-refractivity contribution is 6.31. The molecule has 0 aromatic heterocycles. The quantitative estimate of drug-likeness (QED) is 0.277. The molecular weight excluding hydrogens is 548 g/mol. The number of benzene rings is 2. The van der Waals surface area contributed by atoms with Gasteiger partial charge in [0.25, 0.3) is 0 Å². The number of halogens is 1. The molecular formula is C32H37ClO8. The summed E-state index contributed by atoms with van der Waals surface area (Å²) in [7, 11) is 0. The van der Waals surface area contributed by atoms with E-state index in [-0.39, 0.29) is 13.0 Å². The van der Waals surface area contributed by atoms with Crippen molar-refractivity contribution in [2.75, 3.05) is 6.61 Å². The minimum Gasteiger partial charge on any atom is -0.490 e. The van der Waals surface area contributed by atoms with Gasteiger partial charge < -0.3 is 23.7 Å². The van der Waals surface area contributed by atoms with Crippen molar-refractivity contribution in [1.29, 1.82) is 0 Å². The molecule has 2 aromatic carbocycles. The van der Waals surface area contributed by atoms with Crippen LogP contribution in [0.3, 0.4) is 0 Å². The summed E-state index contributed by atoms with van der Waals surface area (Å²) in [5.41, 5.74) is 2.82. The third-order valence-electron chi connectivity index (χ3n) is 8.48. The molecule has 1 heterocycles. The average molecular weight is 585 g/mol. The van der Waals surface area contributed by atoms with Crippen molar-refractivity contribution in [3.8, 4) is 5.75 Å². The van der Waals surface area contributed by atoms with Gasteiger partial charge in [0.05, 0.1) is 12.2 Å². The van der Waals surface area contributed by atoms with E-state index >= 15 is 0 Å². The maximum absolute atomic E-state index is 11.9. The number of carbonyl (C=O) groups is 3. The molecule has 2 unspecified atom stereocenters. The third-order valence-corrected chi connectivity index (χ3v) is 8.85. The van der Waals surface area contributed by atoms with Crippen LogP contribution in [-0.4, -0.2) is 48.9 Å². The van der Waals surface area contributed by atoms with Crippen LogP contribution in [-0.2, 0) is 39.8 Å². The molecule has 1 aliphatic heterocycles. The molecule has 0 N–H and O–H groups in total. The normalized spacial score (nSPS) is 30.2. The second kappa shape index (κ2) is 12.4. The zero-order valence-electron chi connectivity index (χ0n) is 23.8. The Kier molecular flexibility index (Phi) is 8.90. The van der Waals surface area contributed by atoms with Crippen LogP contribution in [0.5, 0.6) is 5.75 Å². The number of hydrogen-bond acceptors (Lipinski definition) is 8. The van der Waals surface area contributed by atoms with Gasteiger partial charge >= 0.3 is 17.9 Å². The van der Waals surface area contributed by atoms with Crippen LogP contribution in [0, 0.1) is 17.8 Å². The van der Waals surface area contributed by atoms with Gasteiger partial charge in [-0.1, -0.05) is 42.8 Å². The largest absolute Gasteiger partial charge is 0.490 e. The SMILES string of the molecule is CC(=O)OC[C@H]1O[C@@H](c2ccc(Cl)c(Cc3ccc(OC4CC5C(C)C5C4)cc3)c2)C[C@@H](OC(C)=O)[C@@H]1OC(C)=O. The smallest absolute Gasteiger partial charge is 0.303 e. The van der Waals surface area contributed by atoms with Gasteiger partial charge in [-0.25, -0.2) is 0 Å². The van der Waals surface area contributed by atoms with Crippen LogP contribution in [0.15, 0.2) is 42.5 Å². The predicted octanol–water partition coefficient (Wildman–Crippen LogP) is 5.61. The summed E-state index contributed by atoms with van der Waals surface area (Å²) in [4.78, 5) is 35.2. The molecule has 41 heavy (non-hydrogen) atoms. The van der Waals surface area contributed by atoms with Gasteiger partial charge in [-0.05, 0) is 71.9 Å². The van der Waals surface area contributed by atoms with E-state index < -0.39 is 42.3 Å². The number of fused-ring (bicyclic) bond motifs is 1. The summed E-state index contributed by atoms with van der Waals surface area (Å²) in [5.74, 6) is 1.87. The first-order valence-electron chi connectivity index (χ1n) is 14.2. The summed E-state index contributed by atoms with van der Waals surface area (Å²) < 4.78 is 28.7. The molecule has 1 saturated heterocycles. The van der Waals surface area contributed by atoms with Crippen LogP contribution >= 0.6 is 11.6 Å². The van der Waals surface area contributed by atoms with Crippen molar-refractivity contribution in [3.05, 3.63) is 64.2 Å². The van der Waals surface area contributed by atoms with E-state index in [0.717, 1.165) is 53.0 Å². The van der Waals surface area contributed by atoms with Crippen molar-refractivity contribution in [2.24, 2.45) is 17.8 Å². The Morgan fingerprint density at radius 3 is 2.22 bits per heavy atom. The highest BCUT2D eigenvalue weighted by Gasteiger charge is 2.53. The van der Waals surface area contributed by atoms with Crippen LogP contribution < -0.4 is 4.74 Å². The lowest BCUT2D eigenvalue weighted by atomic mass is 9.92. The summed E-state index contributed by atoms with van der Waals surface area (Å²) in [5, 5.41) is 0.620. The third kappa shape index (κ3) is 7.22. The van der Waals surface area contributed by atoms with Gasteiger partial charge in [0.15, 0.2) is 6.10 Å². The maximum atomic E-state index is 11.9. The Hall–Kier alpha value is -3.10. The number of carbonyl (C=O) groups excluding carboxylic acids is 3. The number of esters is 3. The number of ether oxygens (including phenoxy) is 5. The van der Waals surface area contributed by atoms with Crippen LogP contribution in [0.1, 0.15) is 69.8 Å². The molecule has 6 atom stereocenters. The molecule has 2 saturated carbocycles. The molecule has 0 amide bonds. The molecule has 5 rings (SSSR count). The molecule has 0 radical (unpaired) electrons. The Morgan fingerprint density at radius 1 is 0.902 bits per heavy atom. The van der Waals surface area contributed by atoms with E-state index in [1.807, 2.05) is 30.3 Å². The summed E-state index contributed by atoms with van der Waals surface area (Å²) >= 11 is 6.60. The Balaban J connectivity index is 1.29. The Morgan fingerprint density at radius 2 is 1.59 bits per heavy atom. The first-order valence-corrected chi connectivity index (χ1v) is 14.6. The van der Waals surface area contributed by atoms with Gasteiger partial charge in [-0.2, -0.15) is 0 Å². The number of rotatable bonds is 9. The summed E-state index contributed by atoms with van der Waals surface area (Å²) in [6.07, 6.45) is 0.435. The van der Waals surface area contributed by atoms with Crippen LogP contribution in [0.25, 0.3) is 0 Å². The zero-order valence-corrected chi connectivity index (χ0v) is 24.6. The van der Waals surface area contributed by atoms with Crippen LogP contribution in [0.4, 0.5) is 0 Å². The lowest BCUT2D eigenvalue weighted by molar-refractivity contribution is -0.216. The van der Waals surface area contributed by atoms with Crippen molar-refractivity contribution in [2.45, 2.75) is 83.9 Å². The average Bonchev–Trinajstić information content (AvgIpc) is 3.29. The van der Waals surface area contributed by atoms with Crippen molar-refractivity contribution in [3.63, 3.8) is 0 Å². The van der Waals surface area contributed by atoms with Gasteiger partial charge in [0, 0.05) is 32.2 Å². The maximum Gasteiger partial charge on any atom is 0.303 e. The minimum absolute atomic E-state index is 0.155. The molecule has 2 aliphatic carbocycles. The second-order valence-electron chi connectivity index (χ2n) is 11.5. The first kappa shape index (κ1) is 29.4. The van der Waals surface area contributed by atoms with Crippen molar-refractivity contribution in [1.82, 2.24) is 0 Å². The van der Waals surface area contributed by atoms with E-state index in [1.165, 1.54) is 20.8 Å². The molecule has 220 valence electrons. The van der Waals surface area contributed by atoms with Crippen molar-refractivity contribution >= 4 is 29.5 Å². The highest BCUT2D eigenvalue weighted by atomic mass is 35.5. The Labute approximate surface area is 245 Å². The molecule has 0 spiro atoms. The lowest BCUT2D eigenvalue weighted by Crippen LogP contribution is -2.51. The fraction of sp³-hybridized carbons (Fsp3) is 0.531. The summed E-state index contributed by atoms with van der Waals surface area (Å²) in [6.45, 7) is 6.02. The first-order chi connectivity index (χ1) is 19.6. The van der Waals surface area contributed by atoms with E-state index in [2.05, 4.69) is 19.1 Å². The fourth-order valence-electron chi connectivity index (χ4n) is 6.39. The fourth-order valence-corrected chi connectivity index (χ4v) is 6.58. The topological polar surface area (TPSA) is 97.4 Å². The van der Waals surface area contributed by atoms with E-state index in [4.69, 9.17) is 35.3 Å². The second-order valence-corrected chi connectivity index (χ2v) is 11.9. The van der Waals surface area contributed by atoms with Gasteiger partial charge in [0.1, 0.15) is 24.6 Å². The monoisotopic (exact) mass is 584 g/mol. The lowest BCUT2D eigenvalue weighted by Gasteiger charge is -2.40. The number of hydrogen-bond donors (Lipinski definition) is 0. The van der Waals surface area contributed by atoms with E-state index in [0.29, 0.717) is 17.5 Å². The predicted molar refractivity (Wildman–Crippen MR) is 150 cm³/mol. The molecule has 3 aliphatic rings. The van der Waals surface area contributed by atoms with Crippen LogP contribution in [0.2, 0.25) is 5.02 Å². The van der Waals surface area contributed by atoms with Gasteiger partial charge in [0.2, 0.25) is 0 Å². The highest BCUT2D eigenvalue weighted by Crippen LogP contribution is 2.57.